The molecule has 6 rings (SSSR count). The van der Waals surface area contributed by atoms with Crippen LogP contribution in [0.4, 0.5) is 0 Å². The third kappa shape index (κ3) is 4.21. The van der Waals surface area contributed by atoms with Gasteiger partial charge in [-0.3, -0.25) is 9.59 Å². The van der Waals surface area contributed by atoms with Crippen LogP contribution in [0, 0.1) is 10.4 Å². The maximum Gasteiger partial charge on any atom is 0.195 e. The summed E-state index contributed by atoms with van der Waals surface area (Å²) in [6.45, 7) is 26.4. The number of hydrogen-bond acceptors (Lipinski definition) is 2. The van der Waals surface area contributed by atoms with Gasteiger partial charge in [0.25, 0.3) is 0 Å². The van der Waals surface area contributed by atoms with Crippen molar-refractivity contribution >= 4 is 43.1 Å². The van der Waals surface area contributed by atoms with Crippen molar-refractivity contribution in [2.75, 3.05) is 0 Å². The largest absolute Gasteiger partial charge is 0.289 e. The first kappa shape index (κ1) is 28.6. The van der Waals surface area contributed by atoms with E-state index in [0.717, 1.165) is 54.2 Å². The lowest BCUT2D eigenvalue weighted by atomic mass is 9.82. The molecule has 0 saturated carbocycles. The lowest BCUT2D eigenvalue weighted by molar-refractivity contribution is 0.589. The van der Waals surface area contributed by atoms with Crippen LogP contribution in [0.5, 0.6) is 0 Å². The van der Waals surface area contributed by atoms with Gasteiger partial charge in [-0.15, -0.1) is 0 Å². The average molecular weight is 557 g/mol. The van der Waals surface area contributed by atoms with Gasteiger partial charge < -0.3 is 0 Å². The van der Waals surface area contributed by atoms with Crippen LogP contribution in [-0.4, -0.2) is 0 Å². The Kier molecular flexibility index (Phi) is 5.81. The molecule has 2 nitrogen and oxygen atoms in total. The Morgan fingerprint density at radius 3 is 0.833 bits per heavy atom. The molecule has 0 heterocycles. The Bertz CT molecular complexity index is 2070. The zero-order chi connectivity index (χ0) is 30.9. The molecule has 0 radical (unpaired) electrons. The van der Waals surface area contributed by atoms with Gasteiger partial charge in [-0.05, 0) is 89.7 Å². The average Bonchev–Trinajstić information content (AvgIpc) is 3.28. The van der Waals surface area contributed by atoms with Crippen LogP contribution in [0.3, 0.4) is 0 Å². The summed E-state index contributed by atoms with van der Waals surface area (Å²) in [5, 5.41) is 8.49. The molecule has 0 aromatic heterocycles. The zero-order valence-electron chi connectivity index (χ0n) is 27.4. The minimum atomic E-state index is -0.117. The number of benzene rings is 4. The molecule has 42 heavy (non-hydrogen) atoms. The normalized spacial score (nSPS) is 14.8. The van der Waals surface area contributed by atoms with Crippen molar-refractivity contribution in [3.05, 3.63) is 102 Å². The monoisotopic (exact) mass is 556 g/mol. The maximum atomic E-state index is 14.6. The molecular formula is C40H44O2. The molecule has 0 aliphatic carbocycles. The molecular weight excluding hydrogens is 512 g/mol. The molecule has 0 amide bonds. The predicted molar refractivity (Wildman–Crippen MR) is 181 cm³/mol. The lowest BCUT2D eigenvalue weighted by Crippen LogP contribution is -2.12. The second kappa shape index (κ2) is 8.53. The molecule has 0 bridgehead atoms. The molecule has 216 valence electrons. The number of hydrogen-bond donors (Lipinski definition) is 0. The molecule has 0 aliphatic rings. The molecule has 2 heteroatoms. The van der Waals surface area contributed by atoms with Crippen LogP contribution in [-0.2, 0) is 21.7 Å². The van der Waals surface area contributed by atoms with Crippen LogP contribution in [0.15, 0.2) is 58.1 Å². The number of rotatable bonds is 0. The zero-order valence-corrected chi connectivity index (χ0v) is 27.4. The Hall–Kier alpha value is -3.52. The standard InChI is InChI=1S/C40H44O2/c1-37(2,3)23-13-21-15-25(39(7,8)9)19-29-31(21)27(17-23)33(35(29)41)34-28-18-24(38(4,5)6)14-22-16-26(40(10,11)12)20-30(32(22)28)36(34)42/h13-20H,1-12H3/b34-33+. The summed E-state index contributed by atoms with van der Waals surface area (Å²) >= 11 is 0. The molecule has 0 spiro atoms. The summed E-state index contributed by atoms with van der Waals surface area (Å²) in [6, 6.07) is 17.5. The summed E-state index contributed by atoms with van der Waals surface area (Å²) in [7, 11) is 0. The van der Waals surface area contributed by atoms with Crippen LogP contribution >= 0.6 is 0 Å². The van der Waals surface area contributed by atoms with E-state index in [0.29, 0.717) is 10.4 Å². The summed E-state index contributed by atoms with van der Waals surface area (Å²) in [6.07, 6.45) is 0. The van der Waals surface area contributed by atoms with Gasteiger partial charge in [-0.1, -0.05) is 107 Å². The quantitative estimate of drug-likeness (QED) is 0.187. The first-order valence-corrected chi connectivity index (χ1v) is 15.3. The van der Waals surface area contributed by atoms with Crippen molar-refractivity contribution in [2.24, 2.45) is 0 Å². The van der Waals surface area contributed by atoms with E-state index < -0.39 is 0 Å². The van der Waals surface area contributed by atoms with Crippen molar-refractivity contribution < 1.29 is 0 Å². The van der Waals surface area contributed by atoms with E-state index in [1.54, 1.807) is 0 Å². The van der Waals surface area contributed by atoms with Gasteiger partial charge in [0.15, 0.2) is 10.9 Å². The Labute approximate surface area is 249 Å². The summed E-state index contributed by atoms with van der Waals surface area (Å²) in [5.74, 6) is 0. The fraction of sp³-hybridized carbons (Fsp3) is 0.400. The van der Waals surface area contributed by atoms with E-state index in [2.05, 4.69) is 132 Å². The second-order valence-corrected chi connectivity index (χ2v) is 16.7. The second-order valence-electron chi connectivity index (χ2n) is 16.7. The highest BCUT2D eigenvalue weighted by atomic mass is 16.1. The Balaban J connectivity index is 1.99. The first-order valence-electron chi connectivity index (χ1n) is 15.3. The lowest BCUT2D eigenvalue weighted by Gasteiger charge is -2.22. The van der Waals surface area contributed by atoms with Crippen molar-refractivity contribution in [2.45, 2.75) is 105 Å². The third-order valence-corrected chi connectivity index (χ3v) is 9.29. The van der Waals surface area contributed by atoms with Gasteiger partial charge in [0.1, 0.15) is 0 Å². The van der Waals surface area contributed by atoms with E-state index >= 15 is 0 Å². The molecule has 0 aliphatic heterocycles. The smallest absolute Gasteiger partial charge is 0.195 e. The van der Waals surface area contributed by atoms with Crippen molar-refractivity contribution in [1.82, 2.24) is 0 Å². The van der Waals surface area contributed by atoms with Gasteiger partial charge in [0.2, 0.25) is 0 Å². The highest BCUT2D eigenvalue weighted by Crippen LogP contribution is 2.39. The van der Waals surface area contributed by atoms with Crippen molar-refractivity contribution in [3.63, 3.8) is 0 Å². The minimum absolute atomic E-state index is 0.0336. The van der Waals surface area contributed by atoms with Gasteiger partial charge in [-0.25, -0.2) is 0 Å². The van der Waals surface area contributed by atoms with Gasteiger partial charge >= 0.3 is 0 Å². The van der Waals surface area contributed by atoms with E-state index in [9.17, 15) is 9.59 Å². The highest BCUT2D eigenvalue weighted by molar-refractivity contribution is 6.15. The highest BCUT2D eigenvalue weighted by Gasteiger charge is 2.26. The van der Waals surface area contributed by atoms with Gasteiger partial charge in [-0.2, -0.15) is 0 Å². The van der Waals surface area contributed by atoms with Crippen molar-refractivity contribution in [1.29, 1.82) is 0 Å². The molecule has 6 aromatic rings. The van der Waals surface area contributed by atoms with Crippen LogP contribution < -0.4 is 10.9 Å². The molecule has 0 fully saturated rings. The fourth-order valence-electron chi connectivity index (χ4n) is 6.53. The molecule has 0 unspecified atom stereocenters. The van der Waals surface area contributed by atoms with Gasteiger partial charge in [0, 0.05) is 32.0 Å². The molecule has 0 saturated heterocycles. The molecule has 6 aromatic carbocycles. The topological polar surface area (TPSA) is 34.1 Å². The summed E-state index contributed by atoms with van der Waals surface area (Å²) < 4.78 is 0. The Morgan fingerprint density at radius 2 is 0.595 bits per heavy atom. The maximum absolute atomic E-state index is 14.6. The van der Waals surface area contributed by atoms with E-state index in [-0.39, 0.29) is 32.5 Å². The predicted octanol–water partition coefficient (Wildman–Crippen LogP) is 9.81. The molecule has 0 atom stereocenters. The van der Waals surface area contributed by atoms with Crippen LogP contribution in [0.25, 0.3) is 43.1 Å². The molecule has 0 N–H and O–H groups in total. The summed E-state index contributed by atoms with van der Waals surface area (Å²) in [4.78, 5) is 29.2. The minimum Gasteiger partial charge on any atom is -0.289 e. The van der Waals surface area contributed by atoms with Crippen molar-refractivity contribution in [3.8, 4) is 0 Å². The first-order chi connectivity index (χ1) is 19.2. The SMILES string of the molecule is CC(C)(C)c1cc2cc(C(C)(C)C)cc3/c(=c4\c(=O)c5cc(C(C)(C)C)cc6cc(C(C)(C)C)cc4c65)c(=O)c(c1)c23. The van der Waals surface area contributed by atoms with E-state index in [1.807, 2.05) is 0 Å². The van der Waals surface area contributed by atoms with E-state index in [4.69, 9.17) is 0 Å². The van der Waals surface area contributed by atoms with Crippen LogP contribution in [0.1, 0.15) is 105 Å². The van der Waals surface area contributed by atoms with E-state index in [1.165, 1.54) is 11.1 Å². The van der Waals surface area contributed by atoms with Gasteiger partial charge in [0.05, 0.1) is 0 Å². The van der Waals surface area contributed by atoms with Crippen LogP contribution in [0.2, 0.25) is 0 Å². The Morgan fingerprint density at radius 1 is 0.357 bits per heavy atom. The fourth-order valence-corrected chi connectivity index (χ4v) is 6.53. The third-order valence-electron chi connectivity index (χ3n) is 9.29. The summed E-state index contributed by atoms with van der Waals surface area (Å²) in [5.41, 5.74) is 4.07.